The Morgan fingerprint density at radius 3 is 2.78 bits per heavy atom. The van der Waals surface area contributed by atoms with Crippen LogP contribution in [0.3, 0.4) is 0 Å². The molecule has 7 nitrogen and oxygen atoms in total. The van der Waals surface area contributed by atoms with Crippen LogP contribution in [0.4, 0.5) is 0 Å². The van der Waals surface area contributed by atoms with Crippen LogP contribution < -0.4 is 0 Å². The summed E-state index contributed by atoms with van der Waals surface area (Å²) in [6.07, 6.45) is 6.81. The molecule has 27 heavy (non-hydrogen) atoms. The number of hydrogen-bond donors (Lipinski definition) is 2. The average molecular weight is 366 g/mol. The predicted octanol–water partition coefficient (Wildman–Crippen LogP) is 2.78. The second kappa shape index (κ2) is 6.90. The third-order valence-electron chi connectivity index (χ3n) is 5.39. The molecule has 1 amide bonds. The highest BCUT2D eigenvalue weighted by molar-refractivity contribution is 5.90. The number of amides is 1. The molecular weight excluding hydrogens is 344 g/mol. The second-order valence-electron chi connectivity index (χ2n) is 7.11. The summed E-state index contributed by atoms with van der Waals surface area (Å²) in [4.78, 5) is 28.9. The lowest BCUT2D eigenvalue weighted by Crippen LogP contribution is -2.39. The number of carboxylic acid groups (broad SMARTS) is 1. The number of nitrogens with zero attached hydrogens (tertiary/aromatic N) is 3. The standard InChI is InChI=1S/C20H22N4O3/c1-13-3-2-4-17-14(10-21-19(13)17)9-18(25)23-7-5-16(6-8-23)24-12-15(11-22-24)20(26)27/h2-4,10-12,16,21H,5-9H2,1H3,(H,26,27). The van der Waals surface area contributed by atoms with Crippen molar-refractivity contribution in [2.75, 3.05) is 13.1 Å². The number of para-hydroxylation sites is 1. The van der Waals surface area contributed by atoms with E-state index in [9.17, 15) is 9.59 Å². The summed E-state index contributed by atoms with van der Waals surface area (Å²) in [6, 6.07) is 6.25. The molecule has 1 aliphatic rings. The first-order chi connectivity index (χ1) is 13.0. The number of rotatable bonds is 4. The molecule has 0 atom stereocenters. The molecule has 2 N–H and O–H groups in total. The van der Waals surface area contributed by atoms with Crippen LogP contribution >= 0.6 is 0 Å². The van der Waals surface area contributed by atoms with Gasteiger partial charge < -0.3 is 15.0 Å². The van der Waals surface area contributed by atoms with Crippen LogP contribution in [0, 0.1) is 6.92 Å². The molecule has 1 aromatic carbocycles. The average Bonchev–Trinajstić information content (AvgIpc) is 3.31. The van der Waals surface area contributed by atoms with E-state index in [0.717, 1.165) is 29.3 Å². The first-order valence-corrected chi connectivity index (χ1v) is 9.13. The largest absolute Gasteiger partial charge is 0.478 e. The smallest absolute Gasteiger partial charge is 0.338 e. The first-order valence-electron chi connectivity index (χ1n) is 9.13. The lowest BCUT2D eigenvalue weighted by molar-refractivity contribution is -0.131. The molecule has 0 saturated carbocycles. The van der Waals surface area contributed by atoms with Crippen molar-refractivity contribution in [2.24, 2.45) is 0 Å². The highest BCUT2D eigenvalue weighted by atomic mass is 16.4. The molecule has 4 rings (SSSR count). The number of fused-ring (bicyclic) bond motifs is 1. The number of carbonyl (C=O) groups excluding carboxylic acids is 1. The number of H-pyrrole nitrogens is 1. The van der Waals surface area contributed by atoms with Crippen LogP contribution in [-0.4, -0.2) is 49.7 Å². The maximum Gasteiger partial charge on any atom is 0.338 e. The van der Waals surface area contributed by atoms with Gasteiger partial charge in [0, 0.05) is 36.4 Å². The van der Waals surface area contributed by atoms with E-state index in [1.807, 2.05) is 23.2 Å². The van der Waals surface area contributed by atoms with E-state index in [1.165, 1.54) is 11.8 Å². The van der Waals surface area contributed by atoms with E-state index >= 15 is 0 Å². The molecule has 1 aliphatic heterocycles. The number of benzene rings is 1. The Kier molecular flexibility index (Phi) is 4.43. The van der Waals surface area contributed by atoms with Crippen molar-refractivity contribution >= 4 is 22.8 Å². The minimum Gasteiger partial charge on any atom is -0.478 e. The Morgan fingerprint density at radius 2 is 2.07 bits per heavy atom. The van der Waals surface area contributed by atoms with Crippen molar-refractivity contribution in [3.05, 3.63) is 53.5 Å². The van der Waals surface area contributed by atoms with E-state index in [0.29, 0.717) is 19.5 Å². The summed E-state index contributed by atoms with van der Waals surface area (Å²) < 4.78 is 1.72. The van der Waals surface area contributed by atoms with Gasteiger partial charge in [-0.3, -0.25) is 9.48 Å². The number of piperidine rings is 1. The molecule has 0 unspecified atom stereocenters. The molecule has 2 aromatic heterocycles. The second-order valence-corrected chi connectivity index (χ2v) is 7.11. The van der Waals surface area contributed by atoms with Gasteiger partial charge in [-0.25, -0.2) is 4.79 Å². The monoisotopic (exact) mass is 366 g/mol. The molecule has 140 valence electrons. The number of nitrogens with one attached hydrogen (secondary N) is 1. The van der Waals surface area contributed by atoms with E-state index < -0.39 is 5.97 Å². The Balaban J connectivity index is 1.39. The van der Waals surface area contributed by atoms with Crippen molar-refractivity contribution in [3.63, 3.8) is 0 Å². The quantitative estimate of drug-likeness (QED) is 0.743. The van der Waals surface area contributed by atoms with Gasteiger partial charge in [-0.1, -0.05) is 18.2 Å². The number of aromatic carboxylic acids is 1. The lowest BCUT2D eigenvalue weighted by atomic mass is 10.0. The number of aryl methyl sites for hydroxylation is 1. The molecule has 3 aromatic rings. The van der Waals surface area contributed by atoms with Gasteiger partial charge in [0.1, 0.15) is 0 Å². The molecule has 0 aliphatic carbocycles. The highest BCUT2D eigenvalue weighted by Gasteiger charge is 2.25. The van der Waals surface area contributed by atoms with Crippen LogP contribution in [0.2, 0.25) is 0 Å². The fourth-order valence-corrected chi connectivity index (χ4v) is 3.81. The van der Waals surface area contributed by atoms with E-state index in [1.54, 1.807) is 10.9 Å². The molecule has 1 saturated heterocycles. The normalized spacial score (nSPS) is 15.4. The van der Waals surface area contributed by atoms with Crippen molar-refractivity contribution in [1.82, 2.24) is 19.7 Å². The zero-order valence-corrected chi connectivity index (χ0v) is 15.2. The van der Waals surface area contributed by atoms with Crippen molar-refractivity contribution < 1.29 is 14.7 Å². The van der Waals surface area contributed by atoms with Gasteiger partial charge >= 0.3 is 5.97 Å². The third kappa shape index (κ3) is 3.32. The van der Waals surface area contributed by atoms with Crippen molar-refractivity contribution in [1.29, 1.82) is 0 Å². The third-order valence-corrected chi connectivity index (χ3v) is 5.39. The van der Waals surface area contributed by atoms with E-state index in [-0.39, 0.29) is 17.5 Å². The molecule has 3 heterocycles. The summed E-state index contributed by atoms with van der Waals surface area (Å²) in [5.41, 5.74) is 3.49. The molecule has 0 bridgehead atoms. The van der Waals surface area contributed by atoms with Crippen LogP contribution in [0.25, 0.3) is 10.9 Å². The zero-order chi connectivity index (χ0) is 19.0. The molecular formula is C20H22N4O3. The van der Waals surface area contributed by atoms with E-state index in [4.69, 9.17) is 5.11 Å². The van der Waals surface area contributed by atoms with Gasteiger partial charge in [-0.05, 0) is 30.9 Å². The Labute approximate surface area is 156 Å². The summed E-state index contributed by atoms with van der Waals surface area (Å²) in [5, 5.41) is 14.3. The summed E-state index contributed by atoms with van der Waals surface area (Å²) in [7, 11) is 0. The van der Waals surface area contributed by atoms with Crippen LogP contribution in [0.1, 0.15) is 40.4 Å². The Hall–Kier alpha value is -3.09. The van der Waals surface area contributed by atoms with Gasteiger partial charge in [0.25, 0.3) is 0 Å². The molecule has 0 spiro atoms. The van der Waals surface area contributed by atoms with Gasteiger partial charge in [0.05, 0.1) is 24.2 Å². The van der Waals surface area contributed by atoms with Crippen LogP contribution in [-0.2, 0) is 11.2 Å². The topological polar surface area (TPSA) is 91.2 Å². The minimum atomic E-state index is -0.970. The maximum atomic E-state index is 12.7. The Bertz CT molecular complexity index is 996. The molecule has 1 fully saturated rings. The maximum absolute atomic E-state index is 12.7. The molecule has 0 radical (unpaired) electrons. The number of carbonyl (C=O) groups is 2. The van der Waals surface area contributed by atoms with Gasteiger partial charge in [0.2, 0.25) is 5.91 Å². The number of aromatic amines is 1. The van der Waals surface area contributed by atoms with Crippen LogP contribution in [0.15, 0.2) is 36.8 Å². The predicted molar refractivity (Wildman–Crippen MR) is 101 cm³/mol. The number of aromatic nitrogens is 3. The van der Waals surface area contributed by atoms with Gasteiger partial charge in [-0.15, -0.1) is 0 Å². The Morgan fingerprint density at radius 1 is 1.30 bits per heavy atom. The zero-order valence-electron chi connectivity index (χ0n) is 15.2. The van der Waals surface area contributed by atoms with Crippen molar-refractivity contribution in [2.45, 2.75) is 32.2 Å². The van der Waals surface area contributed by atoms with Gasteiger partial charge in [0.15, 0.2) is 0 Å². The fourth-order valence-electron chi connectivity index (χ4n) is 3.81. The number of hydrogen-bond acceptors (Lipinski definition) is 3. The minimum absolute atomic E-state index is 0.127. The van der Waals surface area contributed by atoms with Crippen LogP contribution in [0.5, 0.6) is 0 Å². The highest BCUT2D eigenvalue weighted by Crippen LogP contribution is 2.25. The lowest BCUT2D eigenvalue weighted by Gasteiger charge is -2.32. The van der Waals surface area contributed by atoms with E-state index in [2.05, 4.69) is 23.1 Å². The van der Waals surface area contributed by atoms with Crippen molar-refractivity contribution in [3.8, 4) is 0 Å². The molecule has 7 heteroatoms. The number of carboxylic acids is 1. The van der Waals surface area contributed by atoms with Gasteiger partial charge in [-0.2, -0.15) is 5.10 Å². The fraction of sp³-hybridized carbons (Fsp3) is 0.350. The SMILES string of the molecule is Cc1cccc2c(CC(=O)N3CCC(n4cc(C(=O)O)cn4)CC3)c[nH]c12. The summed E-state index contributed by atoms with van der Waals surface area (Å²) >= 11 is 0. The summed E-state index contributed by atoms with van der Waals surface area (Å²) in [6.45, 7) is 3.38. The first kappa shape index (κ1) is 17.3. The summed E-state index contributed by atoms with van der Waals surface area (Å²) in [5.74, 6) is -0.842. The number of likely N-dealkylation sites (tertiary alicyclic amines) is 1.